The highest BCUT2D eigenvalue weighted by Crippen LogP contribution is 1.98. The lowest BCUT2D eigenvalue weighted by Crippen LogP contribution is -2.26. The summed E-state index contributed by atoms with van der Waals surface area (Å²) in [6.07, 6.45) is 7.79. The quantitative estimate of drug-likeness (QED) is 0.737. The molecule has 2 rings (SSSR count). The molecule has 0 spiro atoms. The van der Waals surface area contributed by atoms with Crippen LogP contribution in [0.4, 0.5) is 0 Å². The van der Waals surface area contributed by atoms with Crippen molar-refractivity contribution < 1.29 is 4.79 Å². The number of nitrogens with zero attached hydrogens (tertiary/aromatic N) is 4. The Hall–Kier alpha value is -2.15. The Morgan fingerprint density at radius 2 is 2.32 bits per heavy atom. The topological polar surface area (TPSA) is 90.8 Å². The van der Waals surface area contributed by atoms with Crippen LogP contribution in [0.25, 0.3) is 0 Å². The van der Waals surface area contributed by atoms with Gasteiger partial charge in [0.2, 0.25) is 0 Å². The van der Waals surface area contributed by atoms with Crippen LogP contribution >= 0.6 is 0 Å². The highest BCUT2D eigenvalue weighted by Gasteiger charge is 2.08. The number of carbonyl (C=O) groups is 1. The largest absolute Gasteiger partial charge is 0.350 e. The Bertz CT molecular complexity index is 544. The van der Waals surface area contributed by atoms with Crippen molar-refractivity contribution in [3.05, 3.63) is 36.2 Å². The van der Waals surface area contributed by atoms with Gasteiger partial charge in [0.15, 0.2) is 0 Å². The molecule has 0 bridgehead atoms. The van der Waals surface area contributed by atoms with Gasteiger partial charge in [-0.2, -0.15) is 5.10 Å². The van der Waals surface area contributed by atoms with Crippen molar-refractivity contribution in [1.29, 1.82) is 0 Å². The summed E-state index contributed by atoms with van der Waals surface area (Å²) in [6.45, 7) is 1.75. The molecule has 0 saturated heterocycles. The van der Waals surface area contributed by atoms with Crippen molar-refractivity contribution in [3.8, 4) is 0 Å². The number of hydrogen-bond donors (Lipinski definition) is 2. The van der Waals surface area contributed by atoms with E-state index < -0.39 is 0 Å². The van der Waals surface area contributed by atoms with Gasteiger partial charge in [0.1, 0.15) is 5.69 Å². The number of nitrogens with one attached hydrogen (secondary N) is 1. The van der Waals surface area contributed by atoms with Crippen LogP contribution in [0.1, 0.15) is 16.1 Å². The van der Waals surface area contributed by atoms with E-state index in [0.717, 1.165) is 12.0 Å². The molecule has 0 atom stereocenters. The maximum Gasteiger partial charge on any atom is 0.271 e. The highest BCUT2D eigenvalue weighted by atomic mass is 16.1. The third-order valence-electron chi connectivity index (χ3n) is 2.71. The van der Waals surface area contributed by atoms with E-state index >= 15 is 0 Å². The Labute approximate surface area is 111 Å². The molecule has 0 fully saturated rings. The van der Waals surface area contributed by atoms with Crippen molar-refractivity contribution in [3.63, 3.8) is 0 Å². The zero-order valence-corrected chi connectivity index (χ0v) is 10.9. The summed E-state index contributed by atoms with van der Waals surface area (Å²) in [7, 11) is 1.87. The Balaban J connectivity index is 1.80. The second-order valence-corrected chi connectivity index (χ2v) is 4.31. The van der Waals surface area contributed by atoms with E-state index in [4.69, 9.17) is 5.73 Å². The Kier molecular flexibility index (Phi) is 4.30. The smallest absolute Gasteiger partial charge is 0.271 e. The molecule has 0 aliphatic rings. The lowest BCUT2D eigenvalue weighted by atomic mass is 10.2. The fourth-order valence-corrected chi connectivity index (χ4v) is 1.76. The van der Waals surface area contributed by atoms with Crippen molar-refractivity contribution >= 4 is 5.91 Å². The lowest BCUT2D eigenvalue weighted by molar-refractivity contribution is 0.0949. The number of aromatic nitrogens is 4. The van der Waals surface area contributed by atoms with E-state index in [1.54, 1.807) is 28.0 Å². The average Bonchev–Trinajstić information content (AvgIpc) is 2.99. The second kappa shape index (κ2) is 6.14. The van der Waals surface area contributed by atoms with Gasteiger partial charge in [-0.3, -0.25) is 9.48 Å². The minimum Gasteiger partial charge on any atom is -0.350 e. The van der Waals surface area contributed by atoms with Crippen LogP contribution < -0.4 is 11.1 Å². The maximum atomic E-state index is 11.8. The summed E-state index contributed by atoms with van der Waals surface area (Å²) in [5, 5.41) is 6.90. The second-order valence-electron chi connectivity index (χ2n) is 4.31. The predicted molar refractivity (Wildman–Crippen MR) is 70.5 cm³/mol. The first-order valence-electron chi connectivity index (χ1n) is 6.16. The fourth-order valence-electron chi connectivity index (χ4n) is 1.76. The van der Waals surface area contributed by atoms with Crippen LogP contribution in [0, 0.1) is 0 Å². The summed E-state index contributed by atoms with van der Waals surface area (Å²) in [6, 6.07) is 0. The number of hydrogen-bond acceptors (Lipinski definition) is 4. The third-order valence-corrected chi connectivity index (χ3v) is 2.71. The van der Waals surface area contributed by atoms with Gasteiger partial charge in [0, 0.05) is 39.1 Å². The van der Waals surface area contributed by atoms with E-state index in [1.165, 1.54) is 0 Å². The van der Waals surface area contributed by atoms with Crippen molar-refractivity contribution in [2.75, 3.05) is 13.1 Å². The molecule has 0 saturated carbocycles. The molecule has 102 valence electrons. The maximum absolute atomic E-state index is 11.8. The molecule has 0 radical (unpaired) electrons. The summed E-state index contributed by atoms with van der Waals surface area (Å²) in [4.78, 5) is 15.9. The monoisotopic (exact) mass is 262 g/mol. The minimum atomic E-state index is -0.167. The van der Waals surface area contributed by atoms with E-state index in [0.29, 0.717) is 25.3 Å². The van der Waals surface area contributed by atoms with Gasteiger partial charge in [-0.1, -0.05) is 0 Å². The number of rotatable bonds is 6. The van der Waals surface area contributed by atoms with Gasteiger partial charge >= 0.3 is 0 Å². The molecule has 0 unspecified atom stereocenters. The van der Waals surface area contributed by atoms with E-state index in [-0.39, 0.29) is 5.91 Å². The average molecular weight is 262 g/mol. The third kappa shape index (κ3) is 3.65. The van der Waals surface area contributed by atoms with Crippen molar-refractivity contribution in [1.82, 2.24) is 24.6 Å². The first-order chi connectivity index (χ1) is 9.19. The van der Waals surface area contributed by atoms with Gasteiger partial charge in [-0.15, -0.1) is 0 Å². The fraction of sp³-hybridized carbons (Fsp3) is 0.417. The molecule has 2 aromatic rings. The molecule has 0 aromatic carbocycles. The van der Waals surface area contributed by atoms with Crippen LogP contribution in [0.5, 0.6) is 0 Å². The van der Waals surface area contributed by atoms with E-state index in [2.05, 4.69) is 15.4 Å². The normalized spacial score (nSPS) is 10.6. The molecule has 7 nitrogen and oxygen atoms in total. The Morgan fingerprint density at radius 1 is 1.47 bits per heavy atom. The standard InChI is InChI=1S/C12H18N6O/c1-17-7-10(6-16-17)2-4-14-12(19)11-8-18(5-3-13)9-15-11/h6-9H,2-5,13H2,1H3,(H,14,19). The van der Waals surface area contributed by atoms with Crippen LogP contribution in [-0.4, -0.2) is 38.3 Å². The molecule has 0 aliphatic carbocycles. The predicted octanol–water partition coefficient (Wildman–Crippen LogP) is -0.452. The number of imidazole rings is 1. The molecule has 2 heterocycles. The SMILES string of the molecule is Cn1cc(CCNC(=O)c2cn(CCN)cn2)cn1. The molecular weight excluding hydrogens is 244 g/mol. The van der Waals surface area contributed by atoms with E-state index in [1.807, 2.05) is 13.2 Å². The molecule has 1 amide bonds. The summed E-state index contributed by atoms with van der Waals surface area (Å²) < 4.78 is 3.54. The number of nitrogens with two attached hydrogens (primary N) is 1. The van der Waals surface area contributed by atoms with Gasteiger partial charge < -0.3 is 15.6 Å². The van der Waals surface area contributed by atoms with Crippen LogP contribution in [0.2, 0.25) is 0 Å². The number of carbonyl (C=O) groups excluding carboxylic acids is 1. The zero-order valence-electron chi connectivity index (χ0n) is 10.9. The molecule has 0 aliphatic heterocycles. The molecular formula is C12H18N6O. The minimum absolute atomic E-state index is 0.167. The first-order valence-corrected chi connectivity index (χ1v) is 6.16. The highest BCUT2D eigenvalue weighted by molar-refractivity contribution is 5.91. The van der Waals surface area contributed by atoms with Gasteiger partial charge in [0.05, 0.1) is 12.5 Å². The molecule has 3 N–H and O–H groups in total. The van der Waals surface area contributed by atoms with Gasteiger partial charge in [-0.25, -0.2) is 4.98 Å². The molecule has 2 aromatic heterocycles. The number of amides is 1. The summed E-state index contributed by atoms with van der Waals surface area (Å²) in [5.41, 5.74) is 6.95. The van der Waals surface area contributed by atoms with Crippen LogP contribution in [0.15, 0.2) is 24.9 Å². The van der Waals surface area contributed by atoms with Crippen molar-refractivity contribution in [2.45, 2.75) is 13.0 Å². The summed E-state index contributed by atoms with van der Waals surface area (Å²) >= 11 is 0. The Morgan fingerprint density at radius 3 is 3.00 bits per heavy atom. The summed E-state index contributed by atoms with van der Waals surface area (Å²) in [5.74, 6) is -0.167. The van der Waals surface area contributed by atoms with Gasteiger partial charge in [-0.05, 0) is 12.0 Å². The van der Waals surface area contributed by atoms with E-state index in [9.17, 15) is 4.79 Å². The molecule has 7 heteroatoms. The van der Waals surface area contributed by atoms with Crippen LogP contribution in [0.3, 0.4) is 0 Å². The lowest BCUT2D eigenvalue weighted by Gasteiger charge is -2.01. The molecule has 19 heavy (non-hydrogen) atoms. The van der Waals surface area contributed by atoms with Crippen molar-refractivity contribution in [2.24, 2.45) is 12.8 Å². The first kappa shape index (κ1) is 13.3. The van der Waals surface area contributed by atoms with Crippen LogP contribution in [-0.2, 0) is 20.0 Å². The number of aryl methyl sites for hydroxylation is 1. The zero-order chi connectivity index (χ0) is 13.7. The van der Waals surface area contributed by atoms with Gasteiger partial charge in [0.25, 0.3) is 5.91 Å².